The minimum Gasteiger partial charge on any atom is -0.497 e. The Labute approximate surface area is 143 Å². The van der Waals surface area contributed by atoms with Gasteiger partial charge in [0, 0.05) is 37.2 Å². The molecule has 2 heterocycles. The summed E-state index contributed by atoms with van der Waals surface area (Å²) in [5.74, 6) is 1.51. The SMILES string of the molecule is COc1ccc(OC)c(CNC(=O)N2CCC[C@@]3(CCNC3)C2)c1. The Morgan fingerprint density at radius 2 is 2.21 bits per heavy atom. The molecule has 3 rings (SSSR count). The highest BCUT2D eigenvalue weighted by atomic mass is 16.5. The van der Waals surface area contributed by atoms with E-state index in [9.17, 15) is 4.79 Å². The smallest absolute Gasteiger partial charge is 0.317 e. The maximum Gasteiger partial charge on any atom is 0.317 e. The number of benzene rings is 1. The molecule has 24 heavy (non-hydrogen) atoms. The number of piperidine rings is 1. The van der Waals surface area contributed by atoms with Gasteiger partial charge in [0.2, 0.25) is 0 Å². The van der Waals surface area contributed by atoms with Crippen LogP contribution in [0.4, 0.5) is 4.79 Å². The summed E-state index contributed by atoms with van der Waals surface area (Å²) >= 11 is 0. The number of amides is 2. The zero-order valence-corrected chi connectivity index (χ0v) is 14.6. The van der Waals surface area contributed by atoms with Crippen LogP contribution in [0.5, 0.6) is 11.5 Å². The van der Waals surface area contributed by atoms with Crippen LogP contribution in [0.1, 0.15) is 24.8 Å². The summed E-state index contributed by atoms with van der Waals surface area (Å²) in [6.45, 7) is 4.21. The molecule has 1 aromatic carbocycles. The van der Waals surface area contributed by atoms with Gasteiger partial charge in [-0.15, -0.1) is 0 Å². The minimum absolute atomic E-state index is 0.00541. The van der Waals surface area contributed by atoms with Crippen molar-refractivity contribution in [2.75, 3.05) is 40.4 Å². The molecule has 132 valence electrons. The summed E-state index contributed by atoms with van der Waals surface area (Å²) in [5, 5.41) is 6.47. The second kappa shape index (κ2) is 7.30. The van der Waals surface area contributed by atoms with Crippen molar-refractivity contribution in [1.82, 2.24) is 15.5 Å². The van der Waals surface area contributed by atoms with E-state index < -0.39 is 0 Å². The predicted octanol–water partition coefficient (Wildman–Crippen LogP) is 1.99. The van der Waals surface area contributed by atoms with Gasteiger partial charge in [-0.05, 0) is 44.0 Å². The molecule has 1 atom stereocenters. The van der Waals surface area contributed by atoms with Crippen molar-refractivity contribution in [3.8, 4) is 11.5 Å². The van der Waals surface area contributed by atoms with Crippen LogP contribution in [0.3, 0.4) is 0 Å². The van der Waals surface area contributed by atoms with E-state index in [-0.39, 0.29) is 11.4 Å². The molecule has 2 saturated heterocycles. The van der Waals surface area contributed by atoms with Gasteiger partial charge in [-0.3, -0.25) is 0 Å². The van der Waals surface area contributed by atoms with E-state index in [4.69, 9.17) is 9.47 Å². The molecule has 2 amide bonds. The Hall–Kier alpha value is -1.95. The topological polar surface area (TPSA) is 62.8 Å². The number of nitrogens with zero attached hydrogens (tertiary/aromatic N) is 1. The molecule has 0 radical (unpaired) electrons. The zero-order chi connectivity index (χ0) is 17.0. The Balaban J connectivity index is 1.61. The normalized spacial score (nSPS) is 23.3. The maximum atomic E-state index is 12.6. The van der Waals surface area contributed by atoms with Crippen LogP contribution in [-0.2, 0) is 6.54 Å². The third-order valence-electron chi connectivity index (χ3n) is 5.20. The number of likely N-dealkylation sites (tertiary alicyclic amines) is 1. The van der Waals surface area contributed by atoms with Gasteiger partial charge in [-0.1, -0.05) is 0 Å². The van der Waals surface area contributed by atoms with E-state index in [0.717, 1.165) is 49.7 Å². The van der Waals surface area contributed by atoms with E-state index in [0.29, 0.717) is 6.54 Å². The van der Waals surface area contributed by atoms with Gasteiger partial charge in [0.25, 0.3) is 0 Å². The van der Waals surface area contributed by atoms with E-state index in [2.05, 4.69) is 10.6 Å². The van der Waals surface area contributed by atoms with Crippen LogP contribution >= 0.6 is 0 Å². The van der Waals surface area contributed by atoms with Crippen LogP contribution in [0.15, 0.2) is 18.2 Å². The van der Waals surface area contributed by atoms with Crippen molar-refractivity contribution in [2.24, 2.45) is 5.41 Å². The zero-order valence-electron chi connectivity index (χ0n) is 14.6. The highest BCUT2D eigenvalue weighted by molar-refractivity contribution is 5.74. The van der Waals surface area contributed by atoms with E-state index in [1.165, 1.54) is 12.8 Å². The van der Waals surface area contributed by atoms with Gasteiger partial charge in [-0.25, -0.2) is 4.79 Å². The van der Waals surface area contributed by atoms with Gasteiger partial charge < -0.3 is 25.0 Å². The number of carbonyl (C=O) groups is 1. The molecule has 0 unspecified atom stereocenters. The van der Waals surface area contributed by atoms with E-state index >= 15 is 0 Å². The van der Waals surface area contributed by atoms with Crippen molar-refractivity contribution in [3.63, 3.8) is 0 Å². The van der Waals surface area contributed by atoms with Crippen molar-refractivity contribution < 1.29 is 14.3 Å². The Bertz CT molecular complexity index is 585. The van der Waals surface area contributed by atoms with Gasteiger partial charge in [0.05, 0.1) is 14.2 Å². The number of rotatable bonds is 4. The average molecular weight is 333 g/mol. The first-order chi connectivity index (χ1) is 11.7. The fourth-order valence-corrected chi connectivity index (χ4v) is 3.83. The molecule has 1 aromatic rings. The molecule has 0 bridgehead atoms. The summed E-state index contributed by atoms with van der Waals surface area (Å²) in [7, 11) is 3.27. The molecule has 0 aromatic heterocycles. The van der Waals surface area contributed by atoms with Gasteiger partial charge in [0.15, 0.2) is 0 Å². The molecular weight excluding hydrogens is 306 g/mol. The summed E-state index contributed by atoms with van der Waals surface area (Å²) in [6, 6.07) is 5.62. The Kier molecular flexibility index (Phi) is 5.14. The number of urea groups is 1. The molecule has 6 heteroatoms. The average Bonchev–Trinajstić information content (AvgIpc) is 3.06. The lowest BCUT2D eigenvalue weighted by molar-refractivity contribution is 0.118. The summed E-state index contributed by atoms with van der Waals surface area (Å²) in [6.07, 6.45) is 3.46. The first-order valence-corrected chi connectivity index (χ1v) is 8.60. The molecule has 2 fully saturated rings. The largest absolute Gasteiger partial charge is 0.497 e. The van der Waals surface area contributed by atoms with Gasteiger partial charge >= 0.3 is 6.03 Å². The standard InChI is InChI=1S/C18H27N3O3/c1-23-15-4-5-16(24-2)14(10-15)11-20-17(22)21-9-3-6-18(13-21)7-8-19-12-18/h4-5,10,19H,3,6-9,11-13H2,1-2H3,(H,20,22)/t18-/m0/s1. The Morgan fingerprint density at radius 1 is 1.33 bits per heavy atom. The maximum absolute atomic E-state index is 12.6. The third-order valence-corrected chi connectivity index (χ3v) is 5.20. The summed E-state index contributed by atoms with van der Waals surface area (Å²) in [4.78, 5) is 14.5. The fourth-order valence-electron chi connectivity index (χ4n) is 3.83. The summed E-state index contributed by atoms with van der Waals surface area (Å²) < 4.78 is 10.6. The lowest BCUT2D eigenvalue weighted by Gasteiger charge is -2.39. The highest BCUT2D eigenvalue weighted by Gasteiger charge is 2.39. The minimum atomic E-state index is 0.00541. The van der Waals surface area contributed by atoms with Crippen molar-refractivity contribution in [2.45, 2.75) is 25.8 Å². The quantitative estimate of drug-likeness (QED) is 0.884. The molecule has 1 spiro atoms. The third kappa shape index (κ3) is 3.59. The van der Waals surface area contributed by atoms with Crippen LogP contribution in [0.25, 0.3) is 0 Å². The molecule has 0 aliphatic carbocycles. The highest BCUT2D eigenvalue weighted by Crippen LogP contribution is 2.35. The molecule has 2 aliphatic heterocycles. The summed E-state index contributed by atoms with van der Waals surface area (Å²) in [5.41, 5.74) is 1.20. The number of nitrogens with one attached hydrogen (secondary N) is 2. The number of hydrogen-bond acceptors (Lipinski definition) is 4. The number of carbonyl (C=O) groups excluding carboxylic acids is 1. The number of hydrogen-bond donors (Lipinski definition) is 2. The fraction of sp³-hybridized carbons (Fsp3) is 0.611. The van der Waals surface area contributed by atoms with Crippen LogP contribution in [0, 0.1) is 5.41 Å². The van der Waals surface area contributed by atoms with Crippen molar-refractivity contribution in [3.05, 3.63) is 23.8 Å². The molecular formula is C18H27N3O3. The molecule has 6 nitrogen and oxygen atoms in total. The van der Waals surface area contributed by atoms with Crippen LogP contribution in [0.2, 0.25) is 0 Å². The van der Waals surface area contributed by atoms with Gasteiger partial charge in [-0.2, -0.15) is 0 Å². The van der Waals surface area contributed by atoms with E-state index in [1.54, 1.807) is 14.2 Å². The second-order valence-electron chi connectivity index (χ2n) is 6.79. The number of methoxy groups -OCH3 is 2. The number of ether oxygens (including phenoxy) is 2. The molecule has 2 aliphatic rings. The lowest BCUT2D eigenvalue weighted by atomic mass is 9.79. The van der Waals surface area contributed by atoms with Crippen LogP contribution in [-0.4, -0.2) is 51.3 Å². The van der Waals surface area contributed by atoms with Crippen molar-refractivity contribution in [1.29, 1.82) is 0 Å². The second-order valence-corrected chi connectivity index (χ2v) is 6.79. The first kappa shape index (κ1) is 16.9. The monoisotopic (exact) mass is 333 g/mol. The van der Waals surface area contributed by atoms with E-state index in [1.807, 2.05) is 23.1 Å². The van der Waals surface area contributed by atoms with Crippen LogP contribution < -0.4 is 20.1 Å². The molecule has 2 N–H and O–H groups in total. The predicted molar refractivity (Wildman–Crippen MR) is 92.5 cm³/mol. The molecule has 0 saturated carbocycles. The Morgan fingerprint density at radius 3 is 2.92 bits per heavy atom. The van der Waals surface area contributed by atoms with Gasteiger partial charge in [0.1, 0.15) is 11.5 Å². The first-order valence-electron chi connectivity index (χ1n) is 8.60. The van der Waals surface area contributed by atoms with Crippen molar-refractivity contribution >= 4 is 6.03 Å². The lowest BCUT2D eigenvalue weighted by Crippen LogP contribution is -2.50.